The fourth-order valence-corrected chi connectivity index (χ4v) is 1.18. The van der Waals surface area contributed by atoms with Crippen LogP contribution < -0.4 is 5.73 Å². The number of hydrogen-bond acceptors (Lipinski definition) is 6. The van der Waals surface area contributed by atoms with Crippen molar-refractivity contribution in [2.75, 3.05) is 5.73 Å². The highest BCUT2D eigenvalue weighted by atomic mass is 16.4. The van der Waals surface area contributed by atoms with Gasteiger partial charge in [0.15, 0.2) is 0 Å². The average Bonchev–Trinajstić information content (AvgIpc) is 2.66. The van der Waals surface area contributed by atoms with Gasteiger partial charge < -0.3 is 20.9 Å². The fraction of sp³-hybridized carbons (Fsp3) is 0.333. The molecule has 84 valence electrons. The molecule has 0 aliphatic heterocycles. The Labute approximate surface area is 91.9 Å². The molecule has 0 aromatic carbocycles. The van der Waals surface area contributed by atoms with Crippen molar-refractivity contribution in [3.63, 3.8) is 0 Å². The lowest BCUT2D eigenvalue weighted by atomic mass is 10.2. The Morgan fingerprint density at radius 3 is 2.62 bits per heavy atom. The molecule has 0 unspecified atom stereocenters. The largest absolute Gasteiger partial charge is 0.481 e. The third-order valence-electron chi connectivity index (χ3n) is 2.02. The first-order valence-corrected chi connectivity index (χ1v) is 4.75. The molecule has 2 heterocycles. The molecule has 0 fully saturated rings. The molecule has 16 heavy (non-hydrogen) atoms. The summed E-state index contributed by atoms with van der Waals surface area (Å²) in [7, 11) is 0. The molecule has 0 amide bonds. The Hall–Kier alpha value is -2.18. The summed E-state index contributed by atoms with van der Waals surface area (Å²) in [6.07, 6.45) is 1.22. The molecule has 0 atom stereocenters. The van der Waals surface area contributed by atoms with Gasteiger partial charge >= 0.3 is 0 Å². The van der Waals surface area contributed by atoms with Crippen molar-refractivity contribution in [2.24, 2.45) is 0 Å². The summed E-state index contributed by atoms with van der Waals surface area (Å²) in [4.78, 5) is 7.51. The smallest absolute Gasteiger partial charge is 0.251 e. The predicted octanol–water partition coefficient (Wildman–Crippen LogP) is 1.92. The highest BCUT2D eigenvalue weighted by Gasteiger charge is 2.14. The second kappa shape index (κ2) is 3.76. The van der Waals surface area contributed by atoms with E-state index < -0.39 is 0 Å². The maximum Gasteiger partial charge on any atom is 0.251 e. The van der Waals surface area contributed by atoms with Crippen molar-refractivity contribution < 1.29 is 4.42 Å². The number of nitrogens with zero attached hydrogens (tertiary/aromatic N) is 4. The van der Waals surface area contributed by atoms with E-state index in [1.54, 1.807) is 0 Å². The molecule has 0 radical (unpaired) electrons. The quantitative estimate of drug-likeness (QED) is 0.824. The molecule has 2 aromatic rings. The van der Waals surface area contributed by atoms with Gasteiger partial charge in [-0.1, -0.05) is 13.8 Å². The fourth-order valence-electron chi connectivity index (χ4n) is 1.18. The number of anilines is 1. The van der Waals surface area contributed by atoms with Crippen LogP contribution in [0.2, 0.25) is 0 Å². The van der Waals surface area contributed by atoms with Crippen LogP contribution in [0.5, 0.6) is 0 Å². The summed E-state index contributed by atoms with van der Waals surface area (Å²) in [5.74, 6) is 0.955. The number of hydrogen-bond donors (Lipinski definition) is 1. The zero-order valence-corrected chi connectivity index (χ0v) is 8.93. The van der Waals surface area contributed by atoms with Crippen molar-refractivity contribution >= 4 is 11.6 Å². The van der Waals surface area contributed by atoms with E-state index in [-0.39, 0.29) is 29.0 Å². The van der Waals surface area contributed by atoms with Gasteiger partial charge in [-0.25, -0.2) is 4.98 Å². The summed E-state index contributed by atoms with van der Waals surface area (Å²) in [5, 5.41) is 7.70. The van der Waals surface area contributed by atoms with E-state index in [9.17, 15) is 0 Å². The summed E-state index contributed by atoms with van der Waals surface area (Å²) < 4.78 is 5.39. The zero-order valence-electron chi connectivity index (χ0n) is 8.93. The molecular formula is C9H11N6O-. The van der Waals surface area contributed by atoms with Gasteiger partial charge in [-0.3, -0.25) is 0 Å². The summed E-state index contributed by atoms with van der Waals surface area (Å²) in [6, 6.07) is 0. The van der Waals surface area contributed by atoms with Crippen molar-refractivity contribution in [1.29, 1.82) is 0 Å². The molecule has 0 aliphatic carbocycles. The van der Waals surface area contributed by atoms with E-state index in [0.717, 1.165) is 0 Å². The summed E-state index contributed by atoms with van der Waals surface area (Å²) in [5.41, 5.74) is 13.5. The highest BCUT2D eigenvalue weighted by molar-refractivity contribution is 5.78. The number of nitrogens with one attached hydrogen (secondary N) is 1. The van der Waals surface area contributed by atoms with Crippen molar-refractivity contribution in [2.45, 2.75) is 19.8 Å². The van der Waals surface area contributed by atoms with Gasteiger partial charge in [-0.15, -0.1) is 10.2 Å². The van der Waals surface area contributed by atoms with Gasteiger partial charge in [0.05, 0.1) is 5.56 Å². The number of aromatic nitrogens is 4. The molecule has 0 spiro atoms. The van der Waals surface area contributed by atoms with Gasteiger partial charge in [-0.2, -0.15) is 0 Å². The Bertz CT molecular complexity index is 486. The van der Waals surface area contributed by atoms with Crippen LogP contribution in [0.3, 0.4) is 0 Å². The van der Waals surface area contributed by atoms with E-state index in [4.69, 9.17) is 15.9 Å². The lowest BCUT2D eigenvalue weighted by molar-refractivity contribution is 0.481. The monoisotopic (exact) mass is 219 g/mol. The Balaban J connectivity index is 2.50. The first kappa shape index (κ1) is 10.3. The molecule has 7 heteroatoms. The summed E-state index contributed by atoms with van der Waals surface area (Å²) in [6.45, 7) is 3.87. The Morgan fingerprint density at radius 2 is 2.06 bits per heavy atom. The number of rotatable bonds is 2. The Kier molecular flexibility index (Phi) is 2.43. The van der Waals surface area contributed by atoms with Crippen molar-refractivity contribution in [3.05, 3.63) is 18.0 Å². The predicted molar refractivity (Wildman–Crippen MR) is 57.8 cm³/mol. The molecule has 3 N–H and O–H groups in total. The molecule has 0 bridgehead atoms. The van der Waals surface area contributed by atoms with Gasteiger partial charge in [0.25, 0.3) is 5.89 Å². The topological polar surface area (TPSA) is 115 Å². The van der Waals surface area contributed by atoms with E-state index in [0.29, 0.717) is 5.89 Å². The lowest BCUT2D eigenvalue weighted by Gasteiger charge is -2.08. The van der Waals surface area contributed by atoms with E-state index >= 15 is 0 Å². The van der Waals surface area contributed by atoms with Crippen LogP contribution in [0.25, 0.3) is 17.2 Å². The van der Waals surface area contributed by atoms with Crippen LogP contribution in [0, 0.1) is 0 Å². The third-order valence-corrected chi connectivity index (χ3v) is 2.02. The van der Waals surface area contributed by atoms with Crippen molar-refractivity contribution in [3.8, 4) is 11.5 Å². The first-order chi connectivity index (χ1) is 7.59. The van der Waals surface area contributed by atoms with Gasteiger partial charge in [0.2, 0.25) is 5.89 Å². The van der Waals surface area contributed by atoms with E-state index in [2.05, 4.69) is 20.2 Å². The molecule has 0 saturated heterocycles. The van der Waals surface area contributed by atoms with E-state index in [1.165, 1.54) is 6.33 Å². The second-order valence-corrected chi connectivity index (χ2v) is 3.58. The second-order valence-electron chi connectivity index (χ2n) is 3.58. The zero-order chi connectivity index (χ0) is 11.7. The van der Waals surface area contributed by atoms with Crippen molar-refractivity contribution in [1.82, 2.24) is 20.2 Å². The molecule has 7 nitrogen and oxygen atoms in total. The van der Waals surface area contributed by atoms with Crippen LogP contribution in [-0.2, 0) is 0 Å². The van der Waals surface area contributed by atoms with E-state index in [1.807, 2.05) is 13.8 Å². The minimum absolute atomic E-state index is 0.0218. The minimum atomic E-state index is -0.0218. The lowest BCUT2D eigenvalue weighted by Crippen LogP contribution is -1.95. The van der Waals surface area contributed by atoms with Gasteiger partial charge in [0.1, 0.15) is 5.82 Å². The minimum Gasteiger partial charge on any atom is -0.481 e. The average molecular weight is 219 g/mol. The maximum absolute atomic E-state index is 7.61. The van der Waals surface area contributed by atoms with Crippen LogP contribution in [-0.4, -0.2) is 20.2 Å². The van der Waals surface area contributed by atoms with Crippen LogP contribution in [0.15, 0.2) is 10.7 Å². The SMILES string of the molecule is CC(C)c1nnc(-c2c([NH-])ncnc2N)o1. The Morgan fingerprint density at radius 1 is 1.31 bits per heavy atom. The van der Waals surface area contributed by atoms with Crippen LogP contribution >= 0.6 is 0 Å². The molecule has 0 aliphatic rings. The molecule has 0 saturated carbocycles. The molecule has 2 rings (SSSR count). The van der Waals surface area contributed by atoms with Gasteiger partial charge in [0, 0.05) is 12.2 Å². The summed E-state index contributed by atoms with van der Waals surface area (Å²) >= 11 is 0. The standard InChI is InChI=1S/C9H11N6O/c1-4(2)8-14-15-9(16-8)5-6(10)12-3-13-7(5)11/h3-4H,1-2H3,(H3-,10,11,12,13)/q-1. The van der Waals surface area contributed by atoms with Crippen LogP contribution in [0.1, 0.15) is 25.7 Å². The maximum atomic E-state index is 7.61. The molecular weight excluding hydrogens is 208 g/mol. The number of nitrogen functional groups attached to an aromatic ring is 1. The first-order valence-electron chi connectivity index (χ1n) is 4.75. The number of nitrogens with two attached hydrogens (primary N) is 1. The highest BCUT2D eigenvalue weighted by Crippen LogP contribution is 2.31. The molecule has 2 aromatic heterocycles. The third kappa shape index (κ3) is 1.67. The van der Waals surface area contributed by atoms with Gasteiger partial charge in [-0.05, 0) is 5.82 Å². The van der Waals surface area contributed by atoms with Crippen LogP contribution in [0.4, 0.5) is 11.6 Å². The normalized spacial score (nSPS) is 10.9.